The predicted octanol–water partition coefficient (Wildman–Crippen LogP) is 2.04. The highest BCUT2D eigenvalue weighted by Gasteiger charge is 2.21. The molecular weight excluding hydrogens is 398 g/mol. The van der Waals surface area contributed by atoms with Gasteiger partial charge in [-0.05, 0) is 29.8 Å². The van der Waals surface area contributed by atoms with E-state index in [1.807, 2.05) is 44.4 Å². The monoisotopic (exact) mass is 428 g/mol. The molecule has 166 valence electrons. The third-order valence-electron chi connectivity index (χ3n) is 4.92. The van der Waals surface area contributed by atoms with E-state index in [4.69, 9.17) is 14.6 Å². The molecule has 2 N–H and O–H groups in total. The van der Waals surface area contributed by atoms with Crippen LogP contribution in [0, 0.1) is 11.3 Å². The van der Waals surface area contributed by atoms with Gasteiger partial charge in [0.15, 0.2) is 11.4 Å². The summed E-state index contributed by atoms with van der Waals surface area (Å²) in [6, 6.07) is 13.1. The second kappa shape index (κ2) is 11.3. The quantitative estimate of drug-likeness (QED) is 0.498. The summed E-state index contributed by atoms with van der Waals surface area (Å²) >= 11 is 0. The van der Waals surface area contributed by atoms with Crippen molar-refractivity contribution in [2.45, 2.75) is 25.4 Å². The van der Waals surface area contributed by atoms with Gasteiger partial charge in [0.1, 0.15) is 31.1 Å². The lowest BCUT2D eigenvalue weighted by atomic mass is 10.1. The van der Waals surface area contributed by atoms with Crippen LogP contribution in [0.4, 0.5) is 0 Å². The molecule has 2 aromatic rings. The van der Waals surface area contributed by atoms with Crippen molar-refractivity contribution in [1.82, 2.24) is 4.98 Å². The van der Waals surface area contributed by atoms with Gasteiger partial charge in [-0.1, -0.05) is 12.1 Å². The highest BCUT2D eigenvalue weighted by Crippen LogP contribution is 2.18. The number of nitriles is 1. The Morgan fingerprint density at radius 3 is 2.52 bits per heavy atom. The Morgan fingerprint density at radius 1 is 1.19 bits per heavy atom. The number of ether oxygens (including phenoxy) is 2. The van der Waals surface area contributed by atoms with E-state index >= 15 is 0 Å². The minimum atomic E-state index is -0.920. The Labute approximate surface area is 182 Å². The summed E-state index contributed by atoms with van der Waals surface area (Å²) in [5.74, 6) is 0.187. The summed E-state index contributed by atoms with van der Waals surface area (Å²) in [4.78, 5) is 14.8. The largest absolute Gasteiger partial charge is 0.497 e. The Hall–Kier alpha value is -3.15. The second-order valence-corrected chi connectivity index (χ2v) is 8.06. The van der Waals surface area contributed by atoms with Crippen molar-refractivity contribution >= 4 is 5.97 Å². The zero-order valence-corrected chi connectivity index (χ0v) is 18.2. The van der Waals surface area contributed by atoms with E-state index in [1.165, 1.54) is 5.56 Å². The number of carboxylic acids is 1. The average Bonchev–Trinajstić information content (AvgIpc) is 2.75. The fourth-order valence-corrected chi connectivity index (χ4v) is 3.18. The first-order chi connectivity index (χ1) is 14.7. The van der Waals surface area contributed by atoms with E-state index in [9.17, 15) is 15.2 Å². The molecule has 0 saturated carbocycles. The molecule has 31 heavy (non-hydrogen) atoms. The molecule has 0 fully saturated rings. The van der Waals surface area contributed by atoms with Crippen molar-refractivity contribution in [3.63, 3.8) is 0 Å². The molecule has 0 spiro atoms. The Balaban J connectivity index is 1.86. The number of hydrogen-bond acceptors (Lipinski definition) is 6. The van der Waals surface area contributed by atoms with E-state index in [0.29, 0.717) is 16.7 Å². The average molecular weight is 429 g/mol. The topological polar surface area (TPSA) is 113 Å². The molecule has 1 atom stereocenters. The molecule has 0 bridgehead atoms. The van der Waals surface area contributed by atoms with Gasteiger partial charge in [0, 0.05) is 18.5 Å². The second-order valence-electron chi connectivity index (χ2n) is 8.06. The van der Waals surface area contributed by atoms with Gasteiger partial charge in [-0.25, -0.2) is 4.98 Å². The maximum atomic E-state index is 10.7. The molecule has 1 aromatic carbocycles. The first-order valence-corrected chi connectivity index (χ1v) is 10.1. The number of nitrogens with zero attached hydrogens (tertiary/aromatic N) is 3. The van der Waals surface area contributed by atoms with E-state index < -0.39 is 12.1 Å². The van der Waals surface area contributed by atoms with Crippen molar-refractivity contribution in [3.05, 3.63) is 53.3 Å². The van der Waals surface area contributed by atoms with Crippen LogP contribution in [0.1, 0.15) is 23.4 Å². The lowest BCUT2D eigenvalue weighted by molar-refractivity contribution is -0.893. The van der Waals surface area contributed by atoms with Gasteiger partial charge in [0.05, 0.1) is 34.2 Å². The molecule has 0 radical (unpaired) electrons. The number of aliphatic hydroxyl groups is 1. The maximum Gasteiger partial charge on any atom is 0.303 e. The van der Waals surface area contributed by atoms with Crippen molar-refractivity contribution in [2.24, 2.45) is 0 Å². The minimum absolute atomic E-state index is 0.0368. The predicted molar refractivity (Wildman–Crippen MR) is 115 cm³/mol. The fraction of sp³-hybridized carbons (Fsp3) is 0.435. The summed E-state index contributed by atoms with van der Waals surface area (Å²) < 4.78 is 11.4. The van der Waals surface area contributed by atoms with E-state index in [-0.39, 0.29) is 30.9 Å². The Bertz CT molecular complexity index is 906. The summed E-state index contributed by atoms with van der Waals surface area (Å²) in [6.07, 6.45) is 0.335. The molecule has 0 aliphatic carbocycles. The highest BCUT2D eigenvalue weighted by atomic mass is 16.5. The molecule has 1 heterocycles. The van der Waals surface area contributed by atoms with Gasteiger partial charge in [-0.2, -0.15) is 5.26 Å². The minimum Gasteiger partial charge on any atom is -0.497 e. The normalized spacial score (nSPS) is 12.1. The van der Waals surface area contributed by atoms with Crippen LogP contribution in [-0.2, 0) is 17.6 Å². The standard InChI is InChI=1S/C23H29N3O5/c1-26(2,13-12-17-4-8-20(30-3)9-5-17)15-19(27)16-31-22-10-6-18(7-11-23(28)29)25-21(22)14-24/h4-6,8-10,19,27H,7,11-13,15-16H2,1-3H3/p+1/t19-/m1/s1. The van der Waals surface area contributed by atoms with Crippen LogP contribution >= 0.6 is 0 Å². The number of rotatable bonds is 12. The van der Waals surface area contributed by atoms with Crippen molar-refractivity contribution in [3.8, 4) is 17.6 Å². The molecule has 0 amide bonds. The summed E-state index contributed by atoms with van der Waals surface area (Å²) in [5, 5.41) is 28.5. The number of carboxylic acid groups (broad SMARTS) is 1. The first-order valence-electron chi connectivity index (χ1n) is 10.1. The smallest absolute Gasteiger partial charge is 0.303 e. The van der Waals surface area contributed by atoms with Crippen LogP contribution < -0.4 is 9.47 Å². The number of carbonyl (C=O) groups is 1. The fourth-order valence-electron chi connectivity index (χ4n) is 3.18. The molecule has 0 aliphatic rings. The number of benzene rings is 1. The molecule has 0 aliphatic heterocycles. The third-order valence-corrected chi connectivity index (χ3v) is 4.92. The summed E-state index contributed by atoms with van der Waals surface area (Å²) in [5.41, 5.74) is 1.80. The first kappa shape index (κ1) is 24.1. The molecule has 1 aromatic heterocycles. The van der Waals surface area contributed by atoms with Gasteiger partial charge in [-0.3, -0.25) is 4.79 Å². The zero-order valence-electron chi connectivity index (χ0n) is 18.2. The Kier molecular flexibility index (Phi) is 8.79. The zero-order chi connectivity index (χ0) is 22.9. The SMILES string of the molecule is COc1ccc(CC[N+](C)(C)C[C@@H](O)COc2ccc(CCC(=O)O)nc2C#N)cc1. The van der Waals surface area contributed by atoms with Gasteiger partial charge >= 0.3 is 5.97 Å². The number of pyridine rings is 1. The number of quaternary nitrogens is 1. The number of aryl methyl sites for hydroxylation is 1. The van der Waals surface area contributed by atoms with Gasteiger partial charge < -0.3 is 24.2 Å². The number of aliphatic carboxylic acids is 1. The number of hydrogen-bond donors (Lipinski definition) is 2. The van der Waals surface area contributed by atoms with E-state index in [0.717, 1.165) is 18.7 Å². The molecule has 0 unspecified atom stereocenters. The molecule has 2 rings (SSSR count). The number of aliphatic hydroxyl groups excluding tert-OH is 1. The maximum absolute atomic E-state index is 10.7. The number of aromatic nitrogens is 1. The van der Waals surface area contributed by atoms with Crippen LogP contribution in [0.3, 0.4) is 0 Å². The van der Waals surface area contributed by atoms with Crippen molar-refractivity contribution in [2.75, 3.05) is 40.9 Å². The summed E-state index contributed by atoms with van der Waals surface area (Å²) in [7, 11) is 5.74. The van der Waals surface area contributed by atoms with Crippen molar-refractivity contribution in [1.29, 1.82) is 5.26 Å². The van der Waals surface area contributed by atoms with E-state index in [2.05, 4.69) is 4.98 Å². The van der Waals surface area contributed by atoms with Crippen LogP contribution in [0.5, 0.6) is 11.5 Å². The molecule has 8 heteroatoms. The highest BCUT2D eigenvalue weighted by molar-refractivity contribution is 5.67. The summed E-state index contributed by atoms with van der Waals surface area (Å²) in [6.45, 7) is 1.36. The molecule has 8 nitrogen and oxygen atoms in total. The number of likely N-dealkylation sites (N-methyl/N-ethyl adjacent to an activating group) is 1. The molecule has 0 saturated heterocycles. The van der Waals surface area contributed by atoms with Gasteiger partial charge in [0.2, 0.25) is 0 Å². The van der Waals surface area contributed by atoms with Crippen LogP contribution in [0.15, 0.2) is 36.4 Å². The molecular formula is C23H30N3O5+. The lowest BCUT2D eigenvalue weighted by Gasteiger charge is -2.32. The van der Waals surface area contributed by atoms with Gasteiger partial charge in [-0.15, -0.1) is 0 Å². The van der Waals surface area contributed by atoms with Crippen LogP contribution in [0.25, 0.3) is 0 Å². The Morgan fingerprint density at radius 2 is 1.90 bits per heavy atom. The van der Waals surface area contributed by atoms with Crippen LogP contribution in [0.2, 0.25) is 0 Å². The third kappa shape index (κ3) is 8.24. The van der Waals surface area contributed by atoms with Gasteiger partial charge in [0.25, 0.3) is 0 Å². The van der Waals surface area contributed by atoms with E-state index in [1.54, 1.807) is 19.2 Å². The van der Waals surface area contributed by atoms with Crippen LogP contribution in [-0.4, -0.2) is 72.7 Å². The van der Waals surface area contributed by atoms with Crippen molar-refractivity contribution < 1.29 is 29.0 Å². The lowest BCUT2D eigenvalue weighted by Crippen LogP contribution is -2.48. The number of methoxy groups -OCH3 is 1.